The summed E-state index contributed by atoms with van der Waals surface area (Å²) in [5.74, 6) is -0.521. The number of H-pyrrole nitrogens is 2. The third-order valence-electron chi connectivity index (χ3n) is 14.2. The van der Waals surface area contributed by atoms with E-state index < -0.39 is 24.0 Å². The SMILES string of the molecule is O=C(NCNC(=O)[C@H]1[C@H]2C[C@@H]3c4[nH]c5ccccc5c4CCN3C[C@@H]2CC[C@H]1O)[C@@H]1[C@H]2C[C@H]3c4[nH]c5ccccc5c4CCN3C[C@@H]2CC[C@@H]1O. The van der Waals surface area contributed by atoms with Crippen LogP contribution in [-0.4, -0.2) is 86.9 Å². The summed E-state index contributed by atoms with van der Waals surface area (Å²) in [6, 6.07) is 17.4. The Morgan fingerprint density at radius 3 is 1.59 bits per heavy atom. The third-order valence-corrected chi connectivity index (χ3v) is 14.2. The number of piperidine rings is 2. The Hall–Kier alpha value is -3.70. The lowest BCUT2D eigenvalue weighted by Gasteiger charge is -2.51. The second kappa shape index (κ2) is 12.5. The van der Waals surface area contributed by atoms with E-state index in [1.165, 1.54) is 44.3 Å². The van der Waals surface area contributed by atoms with Gasteiger partial charge in [0, 0.05) is 59.4 Å². The van der Waals surface area contributed by atoms with E-state index in [1.807, 2.05) is 0 Å². The van der Waals surface area contributed by atoms with Crippen molar-refractivity contribution in [2.45, 2.75) is 75.7 Å². The minimum Gasteiger partial charge on any atom is -0.392 e. The number of amides is 2. The molecule has 10 rings (SSSR count). The summed E-state index contributed by atoms with van der Waals surface area (Å²) in [5.41, 5.74) is 7.68. The van der Waals surface area contributed by atoms with Crippen molar-refractivity contribution < 1.29 is 19.8 Å². The van der Waals surface area contributed by atoms with Gasteiger partial charge >= 0.3 is 0 Å². The third kappa shape index (κ3) is 5.19. The number of para-hydroxylation sites is 2. The fourth-order valence-electron chi connectivity index (χ4n) is 11.9. The van der Waals surface area contributed by atoms with Crippen LogP contribution in [0.25, 0.3) is 21.8 Å². The molecule has 2 saturated carbocycles. The van der Waals surface area contributed by atoms with Crippen molar-refractivity contribution in [3.63, 3.8) is 0 Å². The highest BCUT2D eigenvalue weighted by molar-refractivity contribution is 5.86. The molecule has 2 aliphatic carbocycles. The first kappa shape index (κ1) is 32.0. The predicted molar refractivity (Wildman–Crippen MR) is 194 cm³/mol. The van der Waals surface area contributed by atoms with Crippen molar-refractivity contribution in [1.29, 1.82) is 0 Å². The van der Waals surface area contributed by atoms with Crippen LogP contribution in [0.1, 0.15) is 73.1 Å². The fourth-order valence-corrected chi connectivity index (χ4v) is 11.9. The lowest BCUT2D eigenvalue weighted by atomic mass is 9.64. The van der Waals surface area contributed by atoms with Crippen molar-refractivity contribution in [3.8, 4) is 0 Å². The monoisotopic (exact) mass is 690 g/mol. The normalized spacial score (nSPS) is 34.8. The number of aliphatic hydroxyl groups is 2. The summed E-state index contributed by atoms with van der Waals surface area (Å²) in [5, 5.41) is 31.1. The molecule has 10 heteroatoms. The van der Waals surface area contributed by atoms with Gasteiger partial charge in [-0.3, -0.25) is 19.4 Å². The highest BCUT2D eigenvalue weighted by atomic mass is 16.3. The topological polar surface area (TPSA) is 137 Å². The highest BCUT2D eigenvalue weighted by Gasteiger charge is 2.51. The molecule has 2 aromatic heterocycles. The molecule has 268 valence electrons. The molecular weight excluding hydrogens is 640 g/mol. The molecule has 2 saturated heterocycles. The smallest absolute Gasteiger partial charge is 0.227 e. The molecular formula is C41H50N6O4. The van der Waals surface area contributed by atoms with E-state index in [0.29, 0.717) is 24.7 Å². The number of aromatic amines is 2. The van der Waals surface area contributed by atoms with E-state index >= 15 is 0 Å². The molecule has 0 bridgehead atoms. The largest absolute Gasteiger partial charge is 0.392 e. The van der Waals surface area contributed by atoms with Gasteiger partial charge in [-0.1, -0.05) is 36.4 Å². The maximum atomic E-state index is 13.9. The Morgan fingerprint density at radius 2 is 1.12 bits per heavy atom. The number of aliphatic hydroxyl groups excluding tert-OH is 2. The number of aromatic nitrogens is 2. The minimum atomic E-state index is -0.699. The molecule has 0 radical (unpaired) electrons. The molecule has 4 fully saturated rings. The molecule has 6 aliphatic rings. The van der Waals surface area contributed by atoms with Crippen LogP contribution in [0.3, 0.4) is 0 Å². The maximum Gasteiger partial charge on any atom is 0.227 e. The van der Waals surface area contributed by atoms with Gasteiger partial charge in [-0.25, -0.2) is 0 Å². The van der Waals surface area contributed by atoms with Crippen LogP contribution < -0.4 is 10.6 Å². The molecule has 10 atom stereocenters. The second-order valence-corrected chi connectivity index (χ2v) is 16.6. The van der Waals surface area contributed by atoms with Gasteiger partial charge in [-0.15, -0.1) is 0 Å². The molecule has 6 heterocycles. The lowest BCUT2D eigenvalue weighted by molar-refractivity contribution is -0.141. The van der Waals surface area contributed by atoms with Crippen LogP contribution >= 0.6 is 0 Å². The van der Waals surface area contributed by atoms with E-state index in [4.69, 9.17) is 0 Å². The van der Waals surface area contributed by atoms with Gasteiger partial charge in [0.15, 0.2) is 0 Å². The van der Waals surface area contributed by atoms with E-state index in [9.17, 15) is 19.8 Å². The quantitative estimate of drug-likeness (QED) is 0.178. The summed E-state index contributed by atoms with van der Waals surface area (Å²) >= 11 is 0. The van der Waals surface area contributed by atoms with Crippen LogP contribution in [0.5, 0.6) is 0 Å². The zero-order valence-electron chi connectivity index (χ0n) is 29.2. The summed E-state index contributed by atoms with van der Waals surface area (Å²) < 4.78 is 0. The maximum absolute atomic E-state index is 13.9. The van der Waals surface area contributed by atoms with Crippen molar-refractivity contribution in [2.75, 3.05) is 32.8 Å². The molecule has 4 aromatic rings. The van der Waals surface area contributed by atoms with Crippen LogP contribution in [0.2, 0.25) is 0 Å². The number of rotatable bonds is 4. The van der Waals surface area contributed by atoms with Crippen molar-refractivity contribution in [3.05, 3.63) is 71.0 Å². The van der Waals surface area contributed by atoms with Gasteiger partial charge in [-0.2, -0.15) is 0 Å². The molecule has 2 aromatic carbocycles. The number of hydrogen-bond donors (Lipinski definition) is 6. The van der Waals surface area contributed by atoms with Crippen LogP contribution in [0.15, 0.2) is 48.5 Å². The number of carbonyl (C=O) groups is 2. The van der Waals surface area contributed by atoms with Crippen molar-refractivity contribution in [1.82, 2.24) is 30.4 Å². The number of benzene rings is 2. The number of nitrogens with zero attached hydrogens (tertiary/aromatic N) is 2. The van der Waals surface area contributed by atoms with Crippen LogP contribution in [-0.2, 0) is 22.4 Å². The molecule has 51 heavy (non-hydrogen) atoms. The van der Waals surface area contributed by atoms with Gasteiger partial charge in [0.25, 0.3) is 0 Å². The zero-order valence-corrected chi connectivity index (χ0v) is 29.2. The molecule has 0 unspecified atom stereocenters. The first-order chi connectivity index (χ1) is 24.9. The Labute approximate surface area is 298 Å². The van der Waals surface area contributed by atoms with E-state index in [-0.39, 0.29) is 42.4 Å². The Bertz CT molecular complexity index is 1850. The minimum absolute atomic E-state index is 0.00230. The molecule has 4 aliphatic heterocycles. The molecule has 0 spiro atoms. The van der Waals surface area contributed by atoms with E-state index in [1.54, 1.807) is 0 Å². The van der Waals surface area contributed by atoms with Crippen LogP contribution in [0.4, 0.5) is 0 Å². The van der Waals surface area contributed by atoms with Crippen LogP contribution in [0, 0.1) is 35.5 Å². The molecule has 2 amide bonds. The Balaban J connectivity index is 0.823. The van der Waals surface area contributed by atoms with E-state index in [0.717, 1.165) is 64.7 Å². The summed E-state index contributed by atoms with van der Waals surface area (Å²) in [6.07, 6.45) is 5.42. The number of fused-ring (bicyclic) bond motifs is 12. The standard InChI is InChI=1S/C41H50N6O4/c48-34-11-9-22-19-46-15-13-26-24-5-1-3-7-30(24)44-38(26)32(46)17-28(22)36(34)40(50)42-21-43-41(51)37-29-18-33-39-27(25-6-2-4-8-31(25)45-39)14-16-47(33)20-23(29)10-12-35(37)49/h1-8,22-23,28-29,32-37,44-45,48-49H,9-21H2,(H,42,50)(H,43,51)/t22-,23-,28-,29-,32-,33+,34-,35+,36+,37-/m0/s1. The van der Waals surface area contributed by atoms with Gasteiger partial charge in [0.1, 0.15) is 0 Å². The Kier molecular flexibility index (Phi) is 7.82. The molecule has 10 nitrogen and oxygen atoms in total. The van der Waals surface area contributed by atoms with Crippen molar-refractivity contribution in [2.24, 2.45) is 35.5 Å². The Morgan fingerprint density at radius 1 is 0.667 bits per heavy atom. The number of carbonyl (C=O) groups excluding carboxylic acids is 2. The highest BCUT2D eigenvalue weighted by Crippen LogP contribution is 2.51. The average molecular weight is 691 g/mol. The van der Waals surface area contributed by atoms with Gasteiger partial charge < -0.3 is 30.8 Å². The second-order valence-electron chi connectivity index (χ2n) is 16.6. The van der Waals surface area contributed by atoms with E-state index in [2.05, 4.69) is 78.9 Å². The number of hydrogen-bond acceptors (Lipinski definition) is 6. The average Bonchev–Trinajstić information content (AvgIpc) is 3.72. The zero-order chi connectivity index (χ0) is 34.4. The van der Waals surface area contributed by atoms with Gasteiger partial charge in [0.2, 0.25) is 11.8 Å². The fraction of sp³-hybridized carbons (Fsp3) is 0.561. The van der Waals surface area contributed by atoms with Gasteiger partial charge in [0.05, 0.1) is 42.8 Å². The van der Waals surface area contributed by atoms with Crippen molar-refractivity contribution >= 4 is 33.6 Å². The molecule has 6 N–H and O–H groups in total. The summed E-state index contributed by atoms with van der Waals surface area (Å²) in [6.45, 7) is 3.92. The predicted octanol–water partition coefficient (Wildman–Crippen LogP) is 4.15. The summed E-state index contributed by atoms with van der Waals surface area (Å²) in [7, 11) is 0. The lowest BCUT2D eigenvalue weighted by Crippen LogP contribution is -2.57. The first-order valence-corrected chi connectivity index (χ1v) is 19.5. The van der Waals surface area contributed by atoms with Gasteiger partial charge in [-0.05, 0) is 98.3 Å². The first-order valence-electron chi connectivity index (χ1n) is 19.5. The summed E-state index contributed by atoms with van der Waals surface area (Å²) in [4.78, 5) is 40.4. The number of nitrogens with one attached hydrogen (secondary N) is 4.